The summed E-state index contributed by atoms with van der Waals surface area (Å²) in [6.07, 6.45) is 4.56. The maximum absolute atomic E-state index is 13.7. The lowest BCUT2D eigenvalue weighted by molar-refractivity contribution is -0.135. The summed E-state index contributed by atoms with van der Waals surface area (Å²) < 4.78 is 17.3. The molecule has 302 valence electrons. The molecule has 5 atom stereocenters. The first-order valence-corrected chi connectivity index (χ1v) is 19.8. The van der Waals surface area contributed by atoms with Gasteiger partial charge < -0.3 is 44.8 Å². The first kappa shape index (κ1) is 39.4. The van der Waals surface area contributed by atoms with Crippen LogP contribution < -0.4 is 20.7 Å². The van der Waals surface area contributed by atoms with Gasteiger partial charge in [0.2, 0.25) is 17.7 Å². The van der Waals surface area contributed by atoms with Crippen LogP contribution in [0, 0.1) is 11.8 Å². The van der Waals surface area contributed by atoms with Gasteiger partial charge in [0, 0.05) is 30.5 Å². The lowest BCUT2D eigenvalue weighted by Crippen LogP contribution is -2.52. The number of benzene rings is 2. The van der Waals surface area contributed by atoms with Crippen LogP contribution in [-0.4, -0.2) is 87.3 Å². The van der Waals surface area contributed by atoms with E-state index in [9.17, 15) is 24.3 Å². The van der Waals surface area contributed by atoms with Crippen LogP contribution in [0.2, 0.25) is 0 Å². The molecule has 4 aromatic rings. The third-order valence-corrected chi connectivity index (χ3v) is 11.3. The Morgan fingerprint density at radius 2 is 1.67 bits per heavy atom. The molecule has 2 aromatic heterocycles. The maximum atomic E-state index is 13.7. The number of oxazole rings is 1. The van der Waals surface area contributed by atoms with Crippen LogP contribution in [-0.2, 0) is 20.7 Å². The number of nitrogens with one attached hydrogen (secondary N) is 4. The highest BCUT2D eigenvalue weighted by molar-refractivity contribution is 5.87. The zero-order valence-corrected chi connectivity index (χ0v) is 33.0. The van der Waals surface area contributed by atoms with Crippen molar-refractivity contribution in [3.63, 3.8) is 0 Å². The van der Waals surface area contributed by atoms with Gasteiger partial charge in [-0.3, -0.25) is 9.59 Å². The van der Waals surface area contributed by atoms with Crippen molar-refractivity contribution in [3.05, 3.63) is 66.1 Å². The van der Waals surface area contributed by atoms with E-state index in [1.807, 2.05) is 64.2 Å². The quantitative estimate of drug-likeness (QED) is 0.113. The van der Waals surface area contributed by atoms with E-state index in [4.69, 9.17) is 23.9 Å². The Kier molecular flexibility index (Phi) is 11.5. The number of rotatable bonds is 11. The normalized spacial score (nSPS) is 19.9. The Balaban J connectivity index is 1.05. The molecule has 4 heterocycles. The number of likely N-dealkylation sites (tertiary alicyclic amines) is 1. The fraction of sp³-hybridized carbons (Fsp3) is 0.476. The molecule has 0 unspecified atom stereocenters. The SMILES string of the molecule is COC(=O)N[C@H](C(=O)N1CCC[C@H]1c1nc2c(o1)CCOc1cc(-c3ccc(-c4cnc([C@H]5CCC[C@H]5NC(=O)[C@@H](NC(=O)O)C(C)C)[nH]4)cc3)ccc1-2)C(C)C. The van der Waals surface area contributed by atoms with Crippen LogP contribution in [0.5, 0.6) is 5.75 Å². The second-order valence-corrected chi connectivity index (χ2v) is 15.8. The summed E-state index contributed by atoms with van der Waals surface area (Å²) in [5, 5.41) is 17.3. The van der Waals surface area contributed by atoms with Gasteiger partial charge in [0.05, 0.1) is 25.6 Å². The van der Waals surface area contributed by atoms with Gasteiger partial charge in [0.1, 0.15) is 41.2 Å². The van der Waals surface area contributed by atoms with Crippen molar-refractivity contribution in [2.75, 3.05) is 20.3 Å². The molecule has 0 spiro atoms. The molecule has 7 rings (SSSR count). The van der Waals surface area contributed by atoms with Gasteiger partial charge in [-0.1, -0.05) is 64.4 Å². The Bertz CT molecular complexity index is 2110. The number of hydrogen-bond donors (Lipinski definition) is 5. The topological polar surface area (TPSA) is 201 Å². The summed E-state index contributed by atoms with van der Waals surface area (Å²) in [5.41, 5.74) is 5.34. The molecule has 15 heteroatoms. The van der Waals surface area contributed by atoms with Crippen molar-refractivity contribution in [2.24, 2.45) is 11.8 Å². The van der Waals surface area contributed by atoms with Crippen LogP contribution in [0.4, 0.5) is 9.59 Å². The van der Waals surface area contributed by atoms with Crippen molar-refractivity contribution >= 4 is 24.0 Å². The second kappa shape index (κ2) is 16.7. The summed E-state index contributed by atoms with van der Waals surface area (Å²) in [5.74, 6) is 1.86. The lowest BCUT2D eigenvalue weighted by atomic mass is 9.99. The average molecular weight is 782 g/mol. The Hall–Kier alpha value is -5.86. The number of aromatic nitrogens is 3. The number of alkyl carbamates (subject to hydrolysis) is 1. The number of fused-ring (bicyclic) bond motifs is 3. The number of aromatic amines is 1. The highest BCUT2D eigenvalue weighted by atomic mass is 16.5. The van der Waals surface area contributed by atoms with E-state index in [0.717, 1.165) is 59.5 Å². The lowest BCUT2D eigenvalue weighted by Gasteiger charge is -2.29. The summed E-state index contributed by atoms with van der Waals surface area (Å²) in [6.45, 7) is 8.36. The Labute approximate surface area is 331 Å². The third-order valence-electron chi connectivity index (χ3n) is 11.3. The second-order valence-electron chi connectivity index (χ2n) is 15.8. The monoisotopic (exact) mass is 781 g/mol. The number of nitrogens with zero attached hydrogens (tertiary/aromatic N) is 3. The summed E-state index contributed by atoms with van der Waals surface area (Å²) in [4.78, 5) is 64.9. The van der Waals surface area contributed by atoms with Crippen molar-refractivity contribution in [1.82, 2.24) is 35.8 Å². The van der Waals surface area contributed by atoms with E-state index in [-0.39, 0.29) is 41.7 Å². The van der Waals surface area contributed by atoms with E-state index >= 15 is 0 Å². The number of carboxylic acid groups (broad SMARTS) is 1. The van der Waals surface area contributed by atoms with E-state index in [1.54, 1.807) is 4.90 Å². The van der Waals surface area contributed by atoms with Crippen LogP contribution in [0.15, 0.2) is 53.1 Å². The van der Waals surface area contributed by atoms with Crippen LogP contribution >= 0.6 is 0 Å². The molecular formula is C42H51N7O8. The van der Waals surface area contributed by atoms with Gasteiger partial charge in [-0.15, -0.1) is 0 Å². The molecule has 1 saturated heterocycles. The highest BCUT2D eigenvalue weighted by Crippen LogP contribution is 2.42. The first-order valence-electron chi connectivity index (χ1n) is 19.8. The van der Waals surface area contributed by atoms with Gasteiger partial charge in [-0.2, -0.15) is 0 Å². The maximum Gasteiger partial charge on any atom is 0.407 e. The number of ether oxygens (including phenoxy) is 2. The van der Waals surface area contributed by atoms with Crippen LogP contribution in [0.3, 0.4) is 0 Å². The Morgan fingerprint density at radius 1 is 0.930 bits per heavy atom. The molecule has 3 aliphatic rings. The Morgan fingerprint density at radius 3 is 2.39 bits per heavy atom. The minimum atomic E-state index is -1.22. The minimum Gasteiger partial charge on any atom is -0.492 e. The van der Waals surface area contributed by atoms with E-state index in [1.165, 1.54) is 7.11 Å². The van der Waals surface area contributed by atoms with Gasteiger partial charge >= 0.3 is 12.2 Å². The van der Waals surface area contributed by atoms with Gasteiger partial charge in [-0.05, 0) is 66.3 Å². The number of imidazole rings is 1. The molecule has 0 bridgehead atoms. The molecule has 1 saturated carbocycles. The largest absolute Gasteiger partial charge is 0.492 e. The molecule has 15 nitrogen and oxygen atoms in total. The minimum absolute atomic E-state index is 0.00679. The zero-order chi connectivity index (χ0) is 40.4. The van der Waals surface area contributed by atoms with E-state index < -0.39 is 24.3 Å². The van der Waals surface area contributed by atoms with Crippen LogP contribution in [0.25, 0.3) is 33.6 Å². The molecule has 1 aliphatic carbocycles. The molecular weight excluding hydrogens is 731 g/mol. The number of carbonyl (C=O) groups excluding carboxylic acids is 3. The molecule has 0 radical (unpaired) electrons. The number of carbonyl (C=O) groups is 4. The number of amides is 4. The molecule has 2 fully saturated rings. The predicted molar refractivity (Wildman–Crippen MR) is 210 cm³/mol. The van der Waals surface area contributed by atoms with Gasteiger partial charge in [0.25, 0.3) is 0 Å². The zero-order valence-electron chi connectivity index (χ0n) is 33.0. The van der Waals surface area contributed by atoms with Crippen molar-refractivity contribution in [1.29, 1.82) is 0 Å². The fourth-order valence-corrected chi connectivity index (χ4v) is 8.24. The molecule has 57 heavy (non-hydrogen) atoms. The van der Waals surface area contributed by atoms with E-state index in [0.29, 0.717) is 49.1 Å². The van der Waals surface area contributed by atoms with Crippen molar-refractivity contribution < 1.29 is 38.2 Å². The number of methoxy groups -OCH3 is 1. The van der Waals surface area contributed by atoms with Crippen molar-refractivity contribution in [3.8, 4) is 39.4 Å². The molecule has 2 aliphatic heterocycles. The number of hydrogen-bond acceptors (Lipinski definition) is 9. The van der Waals surface area contributed by atoms with Crippen molar-refractivity contribution in [2.45, 2.75) is 96.3 Å². The number of H-pyrrole nitrogens is 1. The summed E-state index contributed by atoms with van der Waals surface area (Å²) in [7, 11) is 1.28. The van der Waals surface area contributed by atoms with Gasteiger partial charge in [0.15, 0.2) is 0 Å². The smallest absolute Gasteiger partial charge is 0.407 e. The summed E-state index contributed by atoms with van der Waals surface area (Å²) >= 11 is 0. The highest BCUT2D eigenvalue weighted by Gasteiger charge is 2.40. The first-order chi connectivity index (χ1) is 27.4. The molecule has 4 amide bonds. The fourth-order valence-electron chi connectivity index (χ4n) is 8.24. The standard InChI is InChI=1S/C42H51N7O8/c1-22(2)34(47-41(52)53)38(50)45-29-9-6-8-27(29)37-43-21-30(44-37)25-13-11-24(12-14-25)26-15-16-28-33(20-26)56-19-17-32-36(28)46-39(57-32)31-10-7-18-49(31)40(51)35(23(3)4)48-42(54)55-5/h11-16,20-23,27,29,31,34-35,47H,6-10,17-19H2,1-5H3,(H,43,44)(H,45,50)(H,48,54)(H,52,53)/t27-,29+,31-,34-,35-/m0/s1. The third kappa shape index (κ3) is 8.33. The van der Waals surface area contributed by atoms with Gasteiger partial charge in [-0.25, -0.2) is 19.6 Å². The van der Waals surface area contributed by atoms with E-state index in [2.05, 4.69) is 33.1 Å². The molecule has 5 N–H and O–H groups in total. The summed E-state index contributed by atoms with van der Waals surface area (Å²) in [6, 6.07) is 12.2. The van der Waals surface area contributed by atoms with Crippen LogP contribution in [0.1, 0.15) is 89.2 Å². The molecule has 2 aromatic carbocycles. The predicted octanol–water partition coefficient (Wildman–Crippen LogP) is 6.42. The average Bonchev–Trinajstić information content (AvgIpc) is 4.02.